The Hall–Kier alpha value is -3.83. The van der Waals surface area contributed by atoms with Crippen LogP contribution in [0.25, 0.3) is 0 Å². The number of carboxylic acid groups (broad SMARTS) is 1. The second-order valence-electron chi connectivity index (χ2n) is 7.91. The van der Waals surface area contributed by atoms with Crippen molar-refractivity contribution in [1.82, 2.24) is 35.7 Å². The standard InChI is InChI=1S/C20H22N8O7S2/c21-19(35)22-5-6-27-20(24-25-26-27)37-8-10-7-36-17-12(16(32)28(17)13(10)18(33)34)23-15(31)14(30)9-1-3-11(29)4-2-9/h1-4,12,14,17,29-30H,5-8H2,(H,23,31)(H,33,34)(H3,21,22,35)/t12?,14?,17-/m1/s1. The number of aliphatic hydroxyl groups excluding tert-OH is 1. The fraction of sp³-hybridized carbons (Fsp3) is 0.350. The second kappa shape index (κ2) is 11.1. The Morgan fingerprint density at radius 3 is 2.68 bits per heavy atom. The van der Waals surface area contributed by atoms with Gasteiger partial charge in [-0.3, -0.25) is 14.5 Å². The van der Waals surface area contributed by atoms with E-state index in [-0.39, 0.29) is 41.6 Å². The number of carboxylic acids is 1. The van der Waals surface area contributed by atoms with Crippen LogP contribution in [0.3, 0.4) is 0 Å². The lowest BCUT2D eigenvalue weighted by molar-refractivity contribution is -0.151. The number of urea groups is 1. The first kappa shape index (κ1) is 26.2. The molecule has 0 saturated carbocycles. The number of phenols is 1. The van der Waals surface area contributed by atoms with Crippen molar-refractivity contribution in [3.05, 3.63) is 41.1 Å². The summed E-state index contributed by atoms with van der Waals surface area (Å²) in [5.41, 5.74) is 5.58. The van der Waals surface area contributed by atoms with Crippen molar-refractivity contribution >= 4 is 47.3 Å². The van der Waals surface area contributed by atoms with Gasteiger partial charge in [0.1, 0.15) is 22.9 Å². The summed E-state index contributed by atoms with van der Waals surface area (Å²) in [5, 5.41) is 45.5. The van der Waals surface area contributed by atoms with Gasteiger partial charge in [0, 0.05) is 18.1 Å². The molecule has 17 heteroatoms. The van der Waals surface area contributed by atoms with Gasteiger partial charge >= 0.3 is 12.0 Å². The van der Waals surface area contributed by atoms with E-state index in [1.807, 2.05) is 0 Å². The SMILES string of the molecule is NC(=O)NCCn1nnnc1SCC1=C(C(=O)O)N2C(=O)C(NC(=O)C(O)c3ccc(O)cc3)[C@H]2SC1. The van der Waals surface area contributed by atoms with E-state index < -0.39 is 41.3 Å². The van der Waals surface area contributed by atoms with E-state index in [9.17, 15) is 34.5 Å². The van der Waals surface area contributed by atoms with E-state index in [0.717, 1.165) is 4.90 Å². The first-order valence-corrected chi connectivity index (χ1v) is 12.8. The van der Waals surface area contributed by atoms with Crippen molar-refractivity contribution in [1.29, 1.82) is 0 Å². The Kier molecular flexibility index (Phi) is 7.84. The summed E-state index contributed by atoms with van der Waals surface area (Å²) in [4.78, 5) is 49.4. The average Bonchev–Trinajstić information content (AvgIpc) is 3.32. The molecule has 2 unspecified atom stereocenters. The number of primary amides is 1. The molecule has 3 atom stereocenters. The lowest BCUT2D eigenvalue weighted by atomic mass is 10.0. The van der Waals surface area contributed by atoms with Gasteiger partial charge in [-0.2, -0.15) is 0 Å². The molecule has 15 nitrogen and oxygen atoms in total. The zero-order chi connectivity index (χ0) is 26.7. The Morgan fingerprint density at radius 2 is 2.00 bits per heavy atom. The number of hydrogen-bond acceptors (Lipinski definition) is 11. The maximum absolute atomic E-state index is 12.9. The maximum atomic E-state index is 12.9. The van der Waals surface area contributed by atoms with E-state index in [1.54, 1.807) is 0 Å². The summed E-state index contributed by atoms with van der Waals surface area (Å²) in [6, 6.07) is 3.71. The zero-order valence-corrected chi connectivity index (χ0v) is 20.6. The van der Waals surface area contributed by atoms with Crippen molar-refractivity contribution in [3.63, 3.8) is 0 Å². The van der Waals surface area contributed by atoms with Crippen LogP contribution in [0.15, 0.2) is 40.7 Å². The summed E-state index contributed by atoms with van der Waals surface area (Å²) >= 11 is 2.46. The lowest BCUT2D eigenvalue weighted by Crippen LogP contribution is -2.70. The normalized spacial score (nSPS) is 19.6. The molecule has 3 heterocycles. The number of benzene rings is 1. The van der Waals surface area contributed by atoms with Gasteiger partial charge in [-0.1, -0.05) is 23.9 Å². The fourth-order valence-corrected chi connectivity index (χ4v) is 6.10. The number of fused-ring (bicyclic) bond motifs is 1. The molecule has 0 bridgehead atoms. The van der Waals surface area contributed by atoms with Gasteiger partial charge in [-0.25, -0.2) is 14.3 Å². The number of carbonyl (C=O) groups is 4. The first-order valence-electron chi connectivity index (χ1n) is 10.8. The van der Waals surface area contributed by atoms with Gasteiger partial charge in [0.15, 0.2) is 6.10 Å². The van der Waals surface area contributed by atoms with Crippen LogP contribution in [0.2, 0.25) is 0 Å². The molecule has 0 radical (unpaired) electrons. The van der Waals surface area contributed by atoms with Gasteiger partial charge in [0.2, 0.25) is 5.16 Å². The number of phenolic OH excluding ortho intramolecular Hbond substituents is 1. The van der Waals surface area contributed by atoms with Crippen LogP contribution >= 0.6 is 23.5 Å². The number of aliphatic hydroxyl groups is 1. The molecular formula is C20H22N8O7S2. The highest BCUT2D eigenvalue weighted by Gasteiger charge is 2.54. The van der Waals surface area contributed by atoms with Crippen LogP contribution in [-0.4, -0.2) is 93.7 Å². The third-order valence-corrected chi connectivity index (χ3v) is 7.89. The highest BCUT2D eigenvalue weighted by Crippen LogP contribution is 2.41. The highest BCUT2D eigenvalue weighted by atomic mass is 32.2. The molecule has 2 aliphatic heterocycles. The number of thioether (sulfide) groups is 2. The smallest absolute Gasteiger partial charge is 0.352 e. The molecule has 4 rings (SSSR count). The summed E-state index contributed by atoms with van der Waals surface area (Å²) in [6.07, 6.45) is -1.57. The fourth-order valence-electron chi connectivity index (χ4n) is 3.71. The molecule has 1 aromatic carbocycles. The van der Waals surface area contributed by atoms with E-state index in [4.69, 9.17) is 5.73 Å². The summed E-state index contributed by atoms with van der Waals surface area (Å²) in [5.74, 6) is -2.27. The predicted octanol–water partition coefficient (Wildman–Crippen LogP) is -1.39. The summed E-state index contributed by atoms with van der Waals surface area (Å²) in [6.45, 7) is 0.452. The van der Waals surface area contributed by atoms with Crippen LogP contribution in [0.4, 0.5) is 4.79 Å². The van der Waals surface area contributed by atoms with Gasteiger partial charge in [0.05, 0.1) is 6.54 Å². The van der Waals surface area contributed by atoms with Crippen molar-refractivity contribution in [3.8, 4) is 5.75 Å². The molecule has 37 heavy (non-hydrogen) atoms. The number of nitrogens with one attached hydrogen (secondary N) is 2. The molecule has 1 saturated heterocycles. The van der Waals surface area contributed by atoms with Crippen LogP contribution in [0, 0.1) is 0 Å². The van der Waals surface area contributed by atoms with E-state index >= 15 is 0 Å². The summed E-state index contributed by atoms with van der Waals surface area (Å²) in [7, 11) is 0. The number of carbonyl (C=O) groups excluding carboxylic acids is 3. The minimum atomic E-state index is -1.57. The molecule has 7 N–H and O–H groups in total. The first-order chi connectivity index (χ1) is 17.7. The molecule has 1 aromatic heterocycles. The second-order valence-corrected chi connectivity index (χ2v) is 9.96. The van der Waals surface area contributed by atoms with Crippen LogP contribution in [0.5, 0.6) is 5.75 Å². The Labute approximate surface area is 217 Å². The molecule has 4 amide bonds. The van der Waals surface area contributed by atoms with Gasteiger partial charge < -0.3 is 31.7 Å². The van der Waals surface area contributed by atoms with Crippen molar-refractivity contribution < 1.29 is 34.5 Å². The van der Waals surface area contributed by atoms with E-state index in [0.29, 0.717) is 10.7 Å². The Bertz CT molecular complexity index is 1250. The molecule has 196 valence electrons. The number of aliphatic carboxylic acids is 1. The zero-order valence-electron chi connectivity index (χ0n) is 19.0. The molecule has 2 aromatic rings. The van der Waals surface area contributed by atoms with Crippen molar-refractivity contribution in [2.45, 2.75) is 29.2 Å². The topological polar surface area (TPSA) is 226 Å². The minimum Gasteiger partial charge on any atom is -0.508 e. The number of rotatable bonds is 10. The third-order valence-electron chi connectivity index (χ3n) is 5.50. The average molecular weight is 551 g/mol. The van der Waals surface area contributed by atoms with Gasteiger partial charge in [0.25, 0.3) is 11.8 Å². The van der Waals surface area contributed by atoms with Crippen LogP contribution in [0.1, 0.15) is 11.7 Å². The van der Waals surface area contributed by atoms with Gasteiger partial charge in [-0.15, -0.1) is 16.9 Å². The number of aromatic hydroxyl groups is 1. The van der Waals surface area contributed by atoms with E-state index in [2.05, 4.69) is 26.2 Å². The number of amides is 4. The highest BCUT2D eigenvalue weighted by molar-refractivity contribution is 8.01. The molecule has 2 aliphatic rings. The Morgan fingerprint density at radius 1 is 1.27 bits per heavy atom. The number of nitrogens with zero attached hydrogens (tertiary/aromatic N) is 5. The third kappa shape index (κ3) is 5.62. The molecular weight excluding hydrogens is 528 g/mol. The van der Waals surface area contributed by atoms with Gasteiger partial charge in [-0.05, 0) is 33.7 Å². The number of nitrogens with two attached hydrogens (primary N) is 1. The van der Waals surface area contributed by atoms with Crippen molar-refractivity contribution in [2.75, 3.05) is 18.1 Å². The largest absolute Gasteiger partial charge is 0.508 e. The lowest BCUT2D eigenvalue weighted by Gasteiger charge is -2.49. The minimum absolute atomic E-state index is 0.0293. The number of hydrogen-bond donors (Lipinski definition) is 6. The predicted molar refractivity (Wildman–Crippen MR) is 129 cm³/mol. The van der Waals surface area contributed by atoms with Crippen LogP contribution < -0.4 is 16.4 Å². The molecule has 1 fully saturated rings. The molecule has 0 spiro atoms. The van der Waals surface area contributed by atoms with E-state index in [1.165, 1.54) is 52.5 Å². The number of tetrazole rings is 1. The summed E-state index contributed by atoms with van der Waals surface area (Å²) < 4.78 is 1.43. The number of aromatic nitrogens is 4. The van der Waals surface area contributed by atoms with Crippen molar-refractivity contribution in [2.24, 2.45) is 5.73 Å². The monoisotopic (exact) mass is 550 g/mol. The van der Waals surface area contributed by atoms with Crippen LogP contribution in [-0.2, 0) is 20.9 Å². The maximum Gasteiger partial charge on any atom is 0.352 e. The quantitative estimate of drug-likeness (QED) is 0.148. The number of β-lactam (4-membered cyclic amide) rings is 1. The molecule has 0 aliphatic carbocycles. The Balaban J connectivity index is 1.41.